The summed E-state index contributed by atoms with van der Waals surface area (Å²) in [5, 5.41) is 0.480. The molecule has 0 N–H and O–H groups in total. The molecule has 112 valence electrons. The molecular weight excluding hydrogens is 311 g/mol. The average molecular weight is 327 g/mol. The largest absolute Gasteiger partial charge is 0.497 e. The van der Waals surface area contributed by atoms with Crippen molar-refractivity contribution >= 4 is 23.2 Å². The zero-order chi connectivity index (χ0) is 15.2. The van der Waals surface area contributed by atoms with E-state index in [1.165, 1.54) is 0 Å². The Labute approximate surface area is 134 Å². The van der Waals surface area contributed by atoms with Crippen LogP contribution in [0, 0.1) is 0 Å². The molecule has 0 aliphatic carbocycles. The third-order valence-corrected chi connectivity index (χ3v) is 3.55. The summed E-state index contributed by atoms with van der Waals surface area (Å²) in [6, 6.07) is 11.3. The molecule has 3 nitrogen and oxygen atoms in total. The van der Waals surface area contributed by atoms with E-state index in [0.29, 0.717) is 29.0 Å². The van der Waals surface area contributed by atoms with Crippen LogP contribution in [0.25, 0.3) is 0 Å². The molecule has 0 bridgehead atoms. The second-order valence-electron chi connectivity index (χ2n) is 4.38. The highest BCUT2D eigenvalue weighted by molar-refractivity contribution is 6.32. The first-order chi connectivity index (χ1) is 10.2. The molecule has 2 aromatic carbocycles. The van der Waals surface area contributed by atoms with Gasteiger partial charge in [-0.05, 0) is 35.4 Å². The fraction of sp³-hybridized carbons (Fsp3) is 0.250. The predicted molar refractivity (Wildman–Crippen MR) is 84.9 cm³/mol. The van der Waals surface area contributed by atoms with E-state index in [4.69, 9.17) is 37.4 Å². The first kappa shape index (κ1) is 15.8. The normalized spacial score (nSPS) is 10.3. The monoisotopic (exact) mass is 326 g/mol. The van der Waals surface area contributed by atoms with Gasteiger partial charge < -0.3 is 14.2 Å². The van der Waals surface area contributed by atoms with Crippen molar-refractivity contribution in [3.63, 3.8) is 0 Å². The number of halogens is 2. The van der Waals surface area contributed by atoms with Crippen LogP contribution >= 0.6 is 23.2 Å². The van der Waals surface area contributed by atoms with Crippen molar-refractivity contribution in [2.75, 3.05) is 14.2 Å². The van der Waals surface area contributed by atoms with E-state index in [2.05, 4.69) is 0 Å². The van der Waals surface area contributed by atoms with Gasteiger partial charge in [0.2, 0.25) is 0 Å². The Morgan fingerprint density at radius 3 is 2.48 bits per heavy atom. The molecule has 5 heteroatoms. The van der Waals surface area contributed by atoms with Gasteiger partial charge in [-0.15, -0.1) is 11.6 Å². The van der Waals surface area contributed by atoms with E-state index >= 15 is 0 Å². The summed E-state index contributed by atoms with van der Waals surface area (Å²) in [5.41, 5.74) is 1.86. The first-order valence-electron chi connectivity index (χ1n) is 6.36. The van der Waals surface area contributed by atoms with Gasteiger partial charge in [-0.1, -0.05) is 23.7 Å². The summed E-state index contributed by atoms with van der Waals surface area (Å²) in [7, 11) is 3.20. The van der Waals surface area contributed by atoms with Crippen molar-refractivity contribution in [1.82, 2.24) is 0 Å². The molecule has 0 atom stereocenters. The molecule has 0 spiro atoms. The minimum atomic E-state index is 0.367. The summed E-state index contributed by atoms with van der Waals surface area (Å²) in [6.45, 7) is 0.369. The smallest absolute Gasteiger partial charge is 0.180 e. The predicted octanol–water partition coefficient (Wildman–Crippen LogP) is 4.68. The van der Waals surface area contributed by atoms with Crippen LogP contribution in [-0.4, -0.2) is 14.2 Å². The molecule has 0 unspecified atom stereocenters. The molecule has 0 radical (unpaired) electrons. The lowest BCUT2D eigenvalue weighted by atomic mass is 10.2. The summed E-state index contributed by atoms with van der Waals surface area (Å²) < 4.78 is 16.3. The summed E-state index contributed by atoms with van der Waals surface area (Å²) in [6.07, 6.45) is 0. The van der Waals surface area contributed by atoms with E-state index in [1.54, 1.807) is 20.3 Å². The van der Waals surface area contributed by atoms with Gasteiger partial charge in [-0.2, -0.15) is 0 Å². The fourth-order valence-corrected chi connectivity index (χ4v) is 2.35. The van der Waals surface area contributed by atoms with Crippen molar-refractivity contribution < 1.29 is 14.2 Å². The molecule has 0 saturated heterocycles. The average Bonchev–Trinajstić information content (AvgIpc) is 2.53. The fourth-order valence-electron chi connectivity index (χ4n) is 1.91. The zero-order valence-corrected chi connectivity index (χ0v) is 13.4. The van der Waals surface area contributed by atoms with Crippen LogP contribution in [0.5, 0.6) is 17.2 Å². The van der Waals surface area contributed by atoms with Gasteiger partial charge in [0, 0.05) is 5.88 Å². The Hall–Kier alpha value is -1.58. The van der Waals surface area contributed by atoms with Gasteiger partial charge in [0.1, 0.15) is 12.4 Å². The lowest BCUT2D eigenvalue weighted by molar-refractivity contribution is 0.284. The highest BCUT2D eigenvalue weighted by Gasteiger charge is 2.12. The number of hydrogen-bond acceptors (Lipinski definition) is 3. The van der Waals surface area contributed by atoms with Gasteiger partial charge in [0.15, 0.2) is 11.5 Å². The molecule has 21 heavy (non-hydrogen) atoms. The third kappa shape index (κ3) is 3.96. The maximum atomic E-state index is 6.23. The van der Waals surface area contributed by atoms with E-state index in [-0.39, 0.29) is 0 Å². The number of ether oxygens (including phenoxy) is 3. The van der Waals surface area contributed by atoms with Crippen molar-refractivity contribution in [1.29, 1.82) is 0 Å². The minimum Gasteiger partial charge on any atom is -0.497 e. The van der Waals surface area contributed by atoms with Crippen LogP contribution in [0.15, 0.2) is 36.4 Å². The molecule has 2 aromatic rings. The van der Waals surface area contributed by atoms with Gasteiger partial charge in [0.05, 0.1) is 19.2 Å². The minimum absolute atomic E-state index is 0.367. The number of hydrogen-bond donors (Lipinski definition) is 0. The Morgan fingerprint density at radius 1 is 1.00 bits per heavy atom. The van der Waals surface area contributed by atoms with E-state index in [0.717, 1.165) is 16.9 Å². The second kappa shape index (κ2) is 7.43. The maximum absolute atomic E-state index is 6.23. The van der Waals surface area contributed by atoms with Gasteiger partial charge in [0.25, 0.3) is 0 Å². The summed E-state index contributed by atoms with van der Waals surface area (Å²) in [4.78, 5) is 0. The Kier molecular flexibility index (Phi) is 5.59. The Morgan fingerprint density at radius 2 is 1.81 bits per heavy atom. The summed E-state index contributed by atoms with van der Waals surface area (Å²) >= 11 is 12.0. The van der Waals surface area contributed by atoms with E-state index in [9.17, 15) is 0 Å². The van der Waals surface area contributed by atoms with Crippen LogP contribution in [-0.2, 0) is 12.5 Å². The molecule has 0 heterocycles. The molecule has 0 aliphatic rings. The lowest BCUT2D eigenvalue weighted by Crippen LogP contribution is -1.99. The second-order valence-corrected chi connectivity index (χ2v) is 5.06. The Balaban J connectivity index is 2.19. The van der Waals surface area contributed by atoms with Crippen LogP contribution in [0.3, 0.4) is 0 Å². The molecule has 0 aliphatic heterocycles. The standard InChI is InChI=1S/C16H16Cl2O3/c1-19-13-5-3-4-11(6-13)10-21-16-14(18)7-12(9-17)8-15(16)20-2/h3-8H,9-10H2,1-2H3. The molecule has 0 aromatic heterocycles. The SMILES string of the molecule is COc1cccc(COc2c(Cl)cc(CCl)cc2OC)c1. The number of alkyl halides is 1. The maximum Gasteiger partial charge on any atom is 0.180 e. The quantitative estimate of drug-likeness (QED) is 0.721. The van der Waals surface area contributed by atoms with Crippen molar-refractivity contribution in [2.24, 2.45) is 0 Å². The van der Waals surface area contributed by atoms with Crippen molar-refractivity contribution in [2.45, 2.75) is 12.5 Å². The van der Waals surface area contributed by atoms with Crippen LogP contribution in [0.2, 0.25) is 5.02 Å². The zero-order valence-electron chi connectivity index (χ0n) is 11.9. The number of benzene rings is 2. The third-order valence-electron chi connectivity index (χ3n) is 2.96. The molecule has 0 fully saturated rings. The van der Waals surface area contributed by atoms with E-state index in [1.807, 2.05) is 30.3 Å². The molecule has 2 rings (SSSR count). The van der Waals surface area contributed by atoms with Gasteiger partial charge in [-0.3, -0.25) is 0 Å². The van der Waals surface area contributed by atoms with Crippen LogP contribution < -0.4 is 14.2 Å². The number of rotatable bonds is 6. The highest BCUT2D eigenvalue weighted by atomic mass is 35.5. The van der Waals surface area contributed by atoms with Gasteiger partial charge in [-0.25, -0.2) is 0 Å². The lowest BCUT2D eigenvalue weighted by Gasteiger charge is -2.14. The number of methoxy groups -OCH3 is 2. The van der Waals surface area contributed by atoms with E-state index < -0.39 is 0 Å². The topological polar surface area (TPSA) is 27.7 Å². The Bertz CT molecular complexity index is 614. The van der Waals surface area contributed by atoms with Gasteiger partial charge >= 0.3 is 0 Å². The first-order valence-corrected chi connectivity index (χ1v) is 7.27. The summed E-state index contributed by atoms with van der Waals surface area (Å²) in [5.74, 6) is 2.23. The van der Waals surface area contributed by atoms with Crippen molar-refractivity contribution in [3.8, 4) is 17.2 Å². The van der Waals surface area contributed by atoms with Crippen LogP contribution in [0.1, 0.15) is 11.1 Å². The molecule has 0 amide bonds. The molecule has 0 saturated carbocycles. The van der Waals surface area contributed by atoms with Crippen LogP contribution in [0.4, 0.5) is 0 Å². The highest BCUT2D eigenvalue weighted by Crippen LogP contribution is 2.37. The van der Waals surface area contributed by atoms with Crippen molar-refractivity contribution in [3.05, 3.63) is 52.5 Å². The molecular formula is C16H16Cl2O3.